The van der Waals surface area contributed by atoms with Gasteiger partial charge in [-0.2, -0.15) is 0 Å². The second-order valence-electron chi connectivity index (χ2n) is 5.61. The summed E-state index contributed by atoms with van der Waals surface area (Å²) in [7, 11) is 0. The van der Waals surface area contributed by atoms with Gasteiger partial charge in [-0.15, -0.1) is 0 Å². The highest BCUT2D eigenvalue weighted by atomic mass is 35.5. The van der Waals surface area contributed by atoms with Crippen LogP contribution in [-0.4, -0.2) is 12.5 Å². The van der Waals surface area contributed by atoms with Crippen LogP contribution in [0.15, 0.2) is 63.8 Å². The molecule has 1 aromatic carbocycles. The van der Waals surface area contributed by atoms with Crippen LogP contribution in [0.1, 0.15) is 11.5 Å². The molecule has 5 nitrogen and oxygen atoms in total. The Balaban J connectivity index is 1.66. The Kier molecular flexibility index (Phi) is 5.53. The van der Waals surface area contributed by atoms with Gasteiger partial charge in [-0.05, 0) is 42.5 Å². The third kappa shape index (κ3) is 4.95. The number of hydrogen-bond acceptors (Lipinski definition) is 3. The highest BCUT2D eigenvalue weighted by Crippen LogP contribution is 2.22. The minimum Gasteiger partial charge on any atom is -0.463 e. The first-order valence-corrected chi connectivity index (χ1v) is 8.11. The number of rotatable bonds is 7. The summed E-state index contributed by atoms with van der Waals surface area (Å²) >= 11 is 5.95. The van der Waals surface area contributed by atoms with Crippen molar-refractivity contribution >= 4 is 23.2 Å². The van der Waals surface area contributed by atoms with Crippen LogP contribution >= 0.6 is 11.6 Å². The maximum Gasteiger partial charge on any atom is 0.279 e. The molecule has 0 bridgehead atoms. The molecule has 130 valence electrons. The van der Waals surface area contributed by atoms with Crippen molar-refractivity contribution in [1.29, 1.82) is 0 Å². The maximum absolute atomic E-state index is 13.1. The van der Waals surface area contributed by atoms with E-state index in [1.165, 1.54) is 12.1 Å². The Bertz CT molecular complexity index is 783. The van der Waals surface area contributed by atoms with E-state index in [0.29, 0.717) is 18.8 Å². The second-order valence-corrected chi connectivity index (χ2v) is 6.02. The summed E-state index contributed by atoms with van der Waals surface area (Å²) in [6.45, 7) is 1.23. The fraction of sp³-hybridized carbons (Fsp3) is 0.167. The van der Waals surface area contributed by atoms with Crippen molar-refractivity contribution in [3.63, 3.8) is 0 Å². The first-order chi connectivity index (χ1) is 12.1. The highest BCUT2D eigenvalue weighted by Gasteiger charge is 2.19. The van der Waals surface area contributed by atoms with Crippen LogP contribution in [0, 0.1) is 5.82 Å². The van der Waals surface area contributed by atoms with Gasteiger partial charge in [0.1, 0.15) is 18.9 Å². The van der Waals surface area contributed by atoms with Gasteiger partial charge in [-0.3, -0.25) is 4.79 Å². The molecular weight excluding hydrogens is 347 g/mol. The zero-order chi connectivity index (χ0) is 17.6. The van der Waals surface area contributed by atoms with Crippen LogP contribution in [0.25, 0.3) is 0 Å². The summed E-state index contributed by atoms with van der Waals surface area (Å²) in [5, 5.41) is 2.87. The zero-order valence-electron chi connectivity index (χ0n) is 13.3. The van der Waals surface area contributed by atoms with Gasteiger partial charge < -0.3 is 19.1 Å². The number of carbonyl (C=O) groups is 1. The molecule has 0 radical (unpaired) electrons. The number of amides is 1. The molecule has 0 aliphatic rings. The van der Waals surface area contributed by atoms with Gasteiger partial charge in [0.15, 0.2) is 18.1 Å². The number of halogens is 2. The average Bonchev–Trinajstić information content (AvgIpc) is 3.24. The lowest BCUT2D eigenvalue weighted by Crippen LogP contribution is -3.10. The van der Waals surface area contributed by atoms with E-state index in [1.807, 2.05) is 12.1 Å². The highest BCUT2D eigenvalue weighted by molar-refractivity contribution is 6.33. The molecule has 0 saturated carbocycles. The van der Waals surface area contributed by atoms with E-state index in [1.54, 1.807) is 24.7 Å². The minimum atomic E-state index is -0.453. The van der Waals surface area contributed by atoms with Crippen molar-refractivity contribution in [3.8, 4) is 0 Å². The van der Waals surface area contributed by atoms with Crippen LogP contribution in [0.4, 0.5) is 10.1 Å². The Morgan fingerprint density at radius 2 is 1.72 bits per heavy atom. The molecule has 3 rings (SSSR count). The lowest BCUT2D eigenvalue weighted by atomic mass is 10.3. The van der Waals surface area contributed by atoms with Crippen LogP contribution in [0.3, 0.4) is 0 Å². The molecule has 0 fully saturated rings. The zero-order valence-corrected chi connectivity index (χ0v) is 14.1. The first kappa shape index (κ1) is 17.3. The summed E-state index contributed by atoms with van der Waals surface area (Å²) in [6.07, 6.45) is 3.19. The molecule has 25 heavy (non-hydrogen) atoms. The molecule has 2 aromatic heterocycles. The van der Waals surface area contributed by atoms with E-state index in [2.05, 4.69) is 5.32 Å². The van der Waals surface area contributed by atoms with E-state index >= 15 is 0 Å². The van der Waals surface area contributed by atoms with E-state index < -0.39 is 5.82 Å². The third-order valence-corrected chi connectivity index (χ3v) is 3.94. The van der Waals surface area contributed by atoms with Crippen molar-refractivity contribution in [2.75, 3.05) is 11.9 Å². The van der Waals surface area contributed by atoms with E-state index in [0.717, 1.165) is 22.5 Å². The Morgan fingerprint density at radius 1 is 1.08 bits per heavy atom. The summed E-state index contributed by atoms with van der Waals surface area (Å²) in [5.41, 5.74) is 0.378. The molecule has 1 amide bonds. The minimum absolute atomic E-state index is 0.159. The monoisotopic (exact) mass is 363 g/mol. The summed E-state index contributed by atoms with van der Waals surface area (Å²) in [5.74, 6) is 0.857. The Morgan fingerprint density at radius 3 is 2.24 bits per heavy atom. The van der Waals surface area contributed by atoms with Gasteiger partial charge in [0.05, 0.1) is 23.2 Å². The van der Waals surface area contributed by atoms with Crippen LogP contribution in [-0.2, 0) is 17.9 Å². The van der Waals surface area contributed by atoms with E-state index in [4.69, 9.17) is 20.4 Å². The Labute approximate surface area is 149 Å². The largest absolute Gasteiger partial charge is 0.463 e. The van der Waals surface area contributed by atoms with Crippen molar-refractivity contribution in [1.82, 2.24) is 0 Å². The standard InChI is InChI=1S/C18H16ClFN2O3/c19-16-9-13(20)5-6-17(16)21-18(23)12-22(10-14-3-1-7-24-14)11-15-4-2-8-25-15/h1-9H,10-12H2,(H,21,23)/p+1. The van der Waals surface area contributed by atoms with Crippen LogP contribution in [0.2, 0.25) is 5.02 Å². The van der Waals surface area contributed by atoms with Crippen molar-refractivity contribution in [2.24, 2.45) is 0 Å². The number of furan rings is 2. The van der Waals surface area contributed by atoms with Crippen molar-refractivity contribution in [3.05, 3.63) is 77.4 Å². The van der Waals surface area contributed by atoms with Crippen molar-refractivity contribution < 1.29 is 22.9 Å². The second kappa shape index (κ2) is 8.00. The molecule has 0 saturated heterocycles. The van der Waals surface area contributed by atoms with Crippen LogP contribution in [0.5, 0.6) is 0 Å². The lowest BCUT2D eigenvalue weighted by Gasteiger charge is -2.17. The molecule has 0 unspecified atom stereocenters. The fourth-order valence-corrected chi connectivity index (χ4v) is 2.73. The molecule has 2 N–H and O–H groups in total. The number of anilines is 1. The molecule has 2 heterocycles. The SMILES string of the molecule is O=C(C[NH+](Cc1ccco1)Cc1ccco1)Nc1ccc(F)cc1Cl. The molecule has 7 heteroatoms. The average molecular weight is 364 g/mol. The van der Waals surface area contributed by atoms with E-state index in [-0.39, 0.29) is 17.5 Å². The number of quaternary nitrogens is 1. The Hall–Kier alpha value is -2.57. The topological polar surface area (TPSA) is 59.8 Å². The predicted molar refractivity (Wildman–Crippen MR) is 90.7 cm³/mol. The molecule has 3 aromatic rings. The molecule has 0 atom stereocenters. The van der Waals surface area contributed by atoms with Crippen LogP contribution < -0.4 is 10.2 Å². The normalized spacial score (nSPS) is 11.0. The quantitative estimate of drug-likeness (QED) is 0.678. The number of benzene rings is 1. The van der Waals surface area contributed by atoms with Gasteiger partial charge in [0, 0.05) is 0 Å². The molecular formula is C18H17ClFN2O3+. The number of nitrogens with one attached hydrogen (secondary N) is 2. The van der Waals surface area contributed by atoms with Gasteiger partial charge >= 0.3 is 0 Å². The van der Waals surface area contributed by atoms with Gasteiger partial charge in [-0.25, -0.2) is 4.39 Å². The fourth-order valence-electron chi connectivity index (χ4n) is 2.52. The number of hydrogen-bond donors (Lipinski definition) is 2. The van der Waals surface area contributed by atoms with Crippen molar-refractivity contribution in [2.45, 2.75) is 13.1 Å². The number of carbonyl (C=O) groups excluding carboxylic acids is 1. The predicted octanol–water partition coefficient (Wildman–Crippen LogP) is 2.89. The van der Waals surface area contributed by atoms with Gasteiger partial charge in [0.2, 0.25) is 0 Å². The summed E-state index contributed by atoms with van der Waals surface area (Å²) in [6, 6.07) is 11.2. The first-order valence-electron chi connectivity index (χ1n) is 7.73. The molecule has 0 spiro atoms. The third-order valence-electron chi connectivity index (χ3n) is 3.62. The van der Waals surface area contributed by atoms with Gasteiger partial charge in [0.25, 0.3) is 5.91 Å². The summed E-state index contributed by atoms with van der Waals surface area (Å²) < 4.78 is 23.8. The smallest absolute Gasteiger partial charge is 0.279 e. The van der Waals surface area contributed by atoms with Gasteiger partial charge in [-0.1, -0.05) is 11.6 Å². The lowest BCUT2D eigenvalue weighted by molar-refractivity contribution is -0.921. The molecule has 0 aliphatic carbocycles. The maximum atomic E-state index is 13.1. The summed E-state index contributed by atoms with van der Waals surface area (Å²) in [4.78, 5) is 13.3. The molecule has 0 aliphatic heterocycles. The van der Waals surface area contributed by atoms with E-state index in [9.17, 15) is 9.18 Å².